The maximum absolute atomic E-state index is 12.7. The molecule has 14 nitrogen and oxygen atoms in total. The van der Waals surface area contributed by atoms with Gasteiger partial charge in [-0.15, -0.1) is 15.3 Å². The van der Waals surface area contributed by atoms with Crippen LogP contribution in [0.4, 0.5) is 28.7 Å². The molecular weight excluding hydrogens is 536 g/mol. The molecule has 0 aliphatic heterocycles. The summed E-state index contributed by atoms with van der Waals surface area (Å²) >= 11 is 0. The van der Waals surface area contributed by atoms with Gasteiger partial charge in [-0.2, -0.15) is 15.5 Å². The van der Waals surface area contributed by atoms with Crippen LogP contribution in [0.5, 0.6) is 0 Å². The zero-order valence-electron chi connectivity index (χ0n) is 22.1. The van der Waals surface area contributed by atoms with Gasteiger partial charge in [-0.25, -0.2) is 13.1 Å². The molecule has 2 aromatic carbocycles. The first-order chi connectivity index (χ1) is 19.2. The molecule has 0 bridgehead atoms. The number of anilines is 2. The average molecular weight is 565 g/mol. The molecule has 1 N–H and O–H groups in total. The first kappa shape index (κ1) is 29.7. The number of nitro benzene ring substituents is 1. The van der Waals surface area contributed by atoms with E-state index in [-0.39, 0.29) is 41.6 Å². The molecule has 3 aromatic rings. The van der Waals surface area contributed by atoms with Crippen molar-refractivity contribution in [3.05, 3.63) is 58.4 Å². The number of benzene rings is 2. The Labute approximate surface area is 231 Å². The lowest BCUT2D eigenvalue weighted by Crippen LogP contribution is -2.25. The van der Waals surface area contributed by atoms with E-state index in [4.69, 9.17) is 10.5 Å². The van der Waals surface area contributed by atoms with Crippen LogP contribution in [0.3, 0.4) is 0 Å². The van der Waals surface area contributed by atoms with Crippen LogP contribution in [0.25, 0.3) is 5.69 Å². The van der Waals surface area contributed by atoms with Crippen molar-refractivity contribution in [1.29, 1.82) is 10.5 Å². The highest BCUT2D eigenvalue weighted by atomic mass is 32.2. The second-order valence-electron chi connectivity index (χ2n) is 8.62. The topological polar surface area (TPSA) is 196 Å². The number of nitriles is 2. The van der Waals surface area contributed by atoms with Gasteiger partial charge in [0, 0.05) is 30.9 Å². The monoisotopic (exact) mass is 564 g/mol. The van der Waals surface area contributed by atoms with Crippen LogP contribution in [0.2, 0.25) is 0 Å². The van der Waals surface area contributed by atoms with E-state index in [9.17, 15) is 18.5 Å². The number of nitrogens with zero attached hydrogens (tertiary/aromatic N) is 9. The number of azo groups is 1. The Kier molecular flexibility index (Phi) is 10.2. The first-order valence-corrected chi connectivity index (χ1v) is 14.1. The van der Waals surface area contributed by atoms with Gasteiger partial charge in [0.05, 0.1) is 47.0 Å². The van der Waals surface area contributed by atoms with Gasteiger partial charge in [0.15, 0.2) is 0 Å². The number of non-ortho nitro benzene ring substituents is 1. The Hall–Kier alpha value is -4.89. The fourth-order valence-corrected chi connectivity index (χ4v) is 4.93. The van der Waals surface area contributed by atoms with E-state index in [1.165, 1.54) is 28.9 Å². The summed E-state index contributed by atoms with van der Waals surface area (Å²) < 4.78 is 29.5. The third kappa shape index (κ3) is 8.05. The first-order valence-electron chi connectivity index (χ1n) is 12.4. The summed E-state index contributed by atoms with van der Waals surface area (Å²) in [6.07, 6.45) is 1.64. The van der Waals surface area contributed by atoms with Gasteiger partial charge in [0.2, 0.25) is 10.0 Å². The quantitative estimate of drug-likeness (QED) is 0.158. The average Bonchev–Trinajstić information content (AvgIpc) is 3.31. The van der Waals surface area contributed by atoms with Gasteiger partial charge in [0.25, 0.3) is 11.6 Å². The second-order valence-corrected chi connectivity index (χ2v) is 10.5. The number of hydrogen-bond acceptors (Lipinski definition) is 11. The minimum Gasteiger partial charge on any atom is -0.369 e. The predicted octanol–water partition coefficient (Wildman–Crippen LogP) is 5.07. The molecule has 1 heterocycles. The summed E-state index contributed by atoms with van der Waals surface area (Å²) in [6.45, 7) is 4.31. The fourth-order valence-electron chi connectivity index (χ4n) is 3.66. The maximum atomic E-state index is 12.7. The molecule has 0 fully saturated rings. The lowest BCUT2D eigenvalue weighted by atomic mass is 10.2. The fraction of sp³-hybridized carbons (Fsp3) is 0.360. The summed E-state index contributed by atoms with van der Waals surface area (Å²) in [4.78, 5) is 16.5. The molecule has 40 heavy (non-hydrogen) atoms. The summed E-state index contributed by atoms with van der Waals surface area (Å²) in [5, 5.41) is 41.6. The van der Waals surface area contributed by atoms with Crippen molar-refractivity contribution in [2.24, 2.45) is 10.2 Å². The van der Waals surface area contributed by atoms with E-state index in [0.29, 0.717) is 43.1 Å². The van der Waals surface area contributed by atoms with Crippen LogP contribution in [0.1, 0.15) is 38.4 Å². The molecule has 0 amide bonds. The Morgan fingerprint density at radius 2 is 1.77 bits per heavy atom. The molecule has 208 valence electrons. The Morgan fingerprint density at radius 1 is 1.10 bits per heavy atom. The zero-order valence-corrected chi connectivity index (χ0v) is 22.9. The lowest BCUT2D eigenvalue weighted by Gasteiger charge is -2.24. The number of unbranched alkanes of at least 4 members (excludes halogenated alkanes) is 1. The molecule has 0 atom stereocenters. The number of rotatable bonds is 14. The highest BCUT2D eigenvalue weighted by Crippen LogP contribution is 2.32. The smallest absolute Gasteiger partial charge is 0.288 e. The van der Waals surface area contributed by atoms with Crippen LogP contribution in [0, 0.1) is 39.7 Å². The van der Waals surface area contributed by atoms with Gasteiger partial charge in [0.1, 0.15) is 11.5 Å². The summed E-state index contributed by atoms with van der Waals surface area (Å²) in [5.41, 5.74) is 1.50. The van der Waals surface area contributed by atoms with E-state index in [2.05, 4.69) is 37.2 Å². The number of nitro groups is 1. The number of aryl methyl sites for hydroxylation is 1. The van der Waals surface area contributed by atoms with Crippen molar-refractivity contribution in [2.45, 2.75) is 39.5 Å². The molecule has 0 saturated heterocycles. The minimum atomic E-state index is -3.69. The van der Waals surface area contributed by atoms with Crippen LogP contribution < -0.4 is 9.62 Å². The largest absolute Gasteiger partial charge is 0.369 e. The van der Waals surface area contributed by atoms with Crippen molar-refractivity contribution < 1.29 is 13.3 Å². The van der Waals surface area contributed by atoms with Crippen molar-refractivity contribution in [2.75, 3.05) is 28.5 Å². The van der Waals surface area contributed by atoms with Gasteiger partial charge < -0.3 is 4.90 Å². The van der Waals surface area contributed by atoms with E-state index in [1.54, 1.807) is 25.1 Å². The summed E-state index contributed by atoms with van der Waals surface area (Å²) in [5.74, 6) is 0.394. The van der Waals surface area contributed by atoms with Crippen LogP contribution in [-0.2, 0) is 10.0 Å². The third-order valence-corrected chi connectivity index (χ3v) is 7.03. The highest BCUT2D eigenvalue weighted by Gasteiger charge is 2.16. The molecule has 0 aliphatic carbocycles. The second kappa shape index (κ2) is 13.8. The third-order valence-electron chi connectivity index (χ3n) is 5.67. The predicted molar refractivity (Wildman–Crippen MR) is 148 cm³/mol. The minimum absolute atomic E-state index is 0.00406. The van der Waals surface area contributed by atoms with Crippen LogP contribution in [0.15, 0.2) is 52.7 Å². The van der Waals surface area contributed by atoms with Crippen molar-refractivity contribution in [1.82, 2.24) is 14.8 Å². The number of sulfonamides is 1. The van der Waals surface area contributed by atoms with E-state index in [0.717, 1.165) is 0 Å². The number of hydrogen-bond donors (Lipinski definition) is 1. The van der Waals surface area contributed by atoms with Gasteiger partial charge in [-0.3, -0.25) is 14.8 Å². The van der Waals surface area contributed by atoms with Crippen LogP contribution >= 0.6 is 0 Å². The van der Waals surface area contributed by atoms with E-state index in [1.807, 2.05) is 11.8 Å². The lowest BCUT2D eigenvalue weighted by molar-refractivity contribution is -0.384. The van der Waals surface area contributed by atoms with Crippen molar-refractivity contribution in [3.8, 4) is 17.8 Å². The normalized spacial score (nSPS) is 11.2. The van der Waals surface area contributed by atoms with Gasteiger partial charge in [-0.05, 0) is 43.7 Å². The molecule has 0 aliphatic rings. The van der Waals surface area contributed by atoms with E-state index < -0.39 is 14.9 Å². The molecular formula is C25H28N10O4S. The van der Waals surface area contributed by atoms with Crippen molar-refractivity contribution >= 4 is 38.7 Å². The Morgan fingerprint density at radius 3 is 2.38 bits per heavy atom. The van der Waals surface area contributed by atoms with E-state index >= 15 is 0 Å². The Balaban J connectivity index is 1.95. The van der Waals surface area contributed by atoms with Crippen molar-refractivity contribution in [3.63, 3.8) is 0 Å². The van der Waals surface area contributed by atoms with Gasteiger partial charge in [-0.1, -0.05) is 13.3 Å². The summed E-state index contributed by atoms with van der Waals surface area (Å²) in [6, 6.07) is 14.8. The number of aromatic nitrogens is 3. The molecule has 0 radical (unpaired) electrons. The zero-order chi connectivity index (χ0) is 29.1. The SMILES string of the molecule is CCCCS(=O)(=O)Nc1cc(N(CCC#N)CCC#N)ccc1N=Nc1nc(C)n(-c2ccc([N+](=O)[O-])cc2)n1. The molecule has 0 saturated carbocycles. The molecule has 3 rings (SSSR count). The number of nitrogens with one attached hydrogen (secondary N) is 1. The maximum Gasteiger partial charge on any atom is 0.288 e. The molecule has 15 heteroatoms. The molecule has 0 unspecified atom stereocenters. The van der Waals surface area contributed by atoms with Gasteiger partial charge >= 0.3 is 0 Å². The Bertz CT molecular complexity index is 1540. The highest BCUT2D eigenvalue weighted by molar-refractivity contribution is 7.92. The summed E-state index contributed by atoms with van der Waals surface area (Å²) in [7, 11) is -3.69. The van der Waals surface area contributed by atoms with Crippen LogP contribution in [-0.4, -0.2) is 46.9 Å². The standard InChI is InChI=1S/C25H28N10O4S/c1-3-4-17-40(38,39)32-24-18-22(33(15-5-13-26)16-6-14-27)11-12-23(24)29-30-25-28-19(2)34(31-25)20-7-9-21(10-8-20)35(36)37/h7-12,18,32H,3-6,15-17H2,1-2H3. The molecule has 1 aromatic heterocycles. The molecule has 0 spiro atoms.